The van der Waals surface area contributed by atoms with E-state index in [1.54, 1.807) is 6.07 Å². The van der Waals surface area contributed by atoms with Gasteiger partial charge in [-0.1, -0.05) is 0 Å². The Labute approximate surface area is 81.9 Å². The molecule has 1 rings (SSSR count). The molecule has 0 aliphatic heterocycles. The highest BCUT2D eigenvalue weighted by molar-refractivity contribution is 5.24. The summed E-state index contributed by atoms with van der Waals surface area (Å²) in [5, 5.41) is 10.2. The van der Waals surface area contributed by atoms with Gasteiger partial charge in [0.05, 0.1) is 7.11 Å². The molecule has 0 aliphatic rings. The van der Waals surface area contributed by atoms with Gasteiger partial charge in [0.15, 0.2) is 0 Å². The summed E-state index contributed by atoms with van der Waals surface area (Å²) in [6.07, 6.45) is 0.409. The van der Waals surface area contributed by atoms with Crippen molar-refractivity contribution in [3.63, 3.8) is 0 Å². The molecule has 0 fully saturated rings. The van der Waals surface area contributed by atoms with Gasteiger partial charge in [-0.15, -0.1) is 0 Å². The third-order valence-corrected chi connectivity index (χ3v) is 1.78. The number of aromatic nitrogens is 1. The van der Waals surface area contributed by atoms with Crippen molar-refractivity contribution in [2.24, 2.45) is 0 Å². The van der Waals surface area contributed by atoms with E-state index >= 15 is 0 Å². The lowest BCUT2D eigenvalue weighted by Crippen LogP contribution is -2.04. The summed E-state index contributed by atoms with van der Waals surface area (Å²) < 4.78 is 4.96. The number of hydrogen-bond donors (Lipinski definition) is 0. The van der Waals surface area contributed by atoms with E-state index in [1.807, 2.05) is 13.0 Å². The fourth-order valence-corrected chi connectivity index (χ4v) is 1.18. The van der Waals surface area contributed by atoms with Gasteiger partial charge >= 0.3 is 0 Å². The first-order valence-corrected chi connectivity index (χ1v) is 4.25. The van der Waals surface area contributed by atoms with E-state index in [-0.39, 0.29) is 11.5 Å². The third kappa shape index (κ3) is 3.01. The summed E-state index contributed by atoms with van der Waals surface area (Å²) in [6.45, 7) is 1.77. The largest absolute Gasteiger partial charge is 0.481 e. The van der Waals surface area contributed by atoms with Gasteiger partial charge in [-0.3, -0.25) is 10.1 Å². The maximum absolute atomic E-state index is 10.2. The van der Waals surface area contributed by atoms with E-state index in [1.165, 1.54) is 7.11 Å². The second-order valence-electron chi connectivity index (χ2n) is 2.97. The Bertz CT molecular complexity index is 339. The minimum absolute atomic E-state index is 0.0629. The third-order valence-electron chi connectivity index (χ3n) is 1.78. The van der Waals surface area contributed by atoms with Crippen LogP contribution in [-0.2, 0) is 6.42 Å². The van der Waals surface area contributed by atoms with Crippen LogP contribution in [0.5, 0.6) is 5.88 Å². The maximum atomic E-state index is 10.2. The SMILES string of the molecule is COc1cc(CC[N+](=O)[O-])cc(C)n1. The van der Waals surface area contributed by atoms with Crippen LogP contribution < -0.4 is 4.74 Å². The number of methoxy groups -OCH3 is 1. The van der Waals surface area contributed by atoms with Crippen molar-refractivity contribution in [2.75, 3.05) is 13.7 Å². The minimum atomic E-state index is -0.331. The van der Waals surface area contributed by atoms with Crippen LogP contribution >= 0.6 is 0 Å². The molecule has 5 nitrogen and oxygen atoms in total. The lowest BCUT2D eigenvalue weighted by Gasteiger charge is -2.03. The number of nitrogens with zero attached hydrogens (tertiary/aromatic N) is 2. The zero-order valence-corrected chi connectivity index (χ0v) is 8.19. The summed E-state index contributed by atoms with van der Waals surface area (Å²) in [5.41, 5.74) is 1.69. The molecule has 1 aromatic rings. The van der Waals surface area contributed by atoms with Crippen LogP contribution in [0.3, 0.4) is 0 Å². The van der Waals surface area contributed by atoms with E-state index in [0.29, 0.717) is 12.3 Å². The summed E-state index contributed by atoms with van der Waals surface area (Å²) in [7, 11) is 1.53. The lowest BCUT2D eigenvalue weighted by atomic mass is 10.2. The topological polar surface area (TPSA) is 65.3 Å². The number of nitro groups is 1. The first-order valence-electron chi connectivity index (χ1n) is 4.25. The Morgan fingerprint density at radius 1 is 1.57 bits per heavy atom. The van der Waals surface area contributed by atoms with Crippen molar-refractivity contribution in [3.8, 4) is 5.88 Å². The molecule has 1 aromatic heterocycles. The second-order valence-corrected chi connectivity index (χ2v) is 2.97. The highest BCUT2D eigenvalue weighted by atomic mass is 16.6. The molecule has 0 unspecified atom stereocenters. The van der Waals surface area contributed by atoms with E-state index < -0.39 is 0 Å². The van der Waals surface area contributed by atoms with Crippen molar-refractivity contribution in [1.29, 1.82) is 0 Å². The Morgan fingerprint density at radius 3 is 2.86 bits per heavy atom. The molecule has 5 heteroatoms. The van der Waals surface area contributed by atoms with Gasteiger partial charge in [0, 0.05) is 23.1 Å². The second kappa shape index (κ2) is 4.55. The normalized spacial score (nSPS) is 9.86. The molecular formula is C9H12N2O3. The molecule has 0 radical (unpaired) electrons. The van der Waals surface area contributed by atoms with Gasteiger partial charge < -0.3 is 4.74 Å². The fourth-order valence-electron chi connectivity index (χ4n) is 1.18. The van der Waals surface area contributed by atoms with Gasteiger partial charge in [0.2, 0.25) is 12.4 Å². The molecule has 0 amide bonds. The van der Waals surface area contributed by atoms with Gasteiger partial charge in [-0.05, 0) is 18.6 Å². The standard InChI is InChI=1S/C9H12N2O3/c1-7-5-8(3-4-11(12)13)6-9(10-7)14-2/h5-6H,3-4H2,1-2H3. The zero-order chi connectivity index (χ0) is 10.6. The van der Waals surface area contributed by atoms with Gasteiger partial charge in [0.25, 0.3) is 0 Å². The van der Waals surface area contributed by atoms with Gasteiger partial charge in [0.1, 0.15) is 0 Å². The summed E-state index contributed by atoms with van der Waals surface area (Å²) >= 11 is 0. The molecule has 14 heavy (non-hydrogen) atoms. The summed E-state index contributed by atoms with van der Waals surface area (Å²) in [6, 6.07) is 3.54. The van der Waals surface area contributed by atoms with E-state index in [0.717, 1.165) is 11.3 Å². The summed E-state index contributed by atoms with van der Waals surface area (Å²) in [5.74, 6) is 0.503. The fraction of sp³-hybridized carbons (Fsp3) is 0.444. The average molecular weight is 196 g/mol. The summed E-state index contributed by atoms with van der Waals surface area (Å²) in [4.78, 5) is 13.9. The Hall–Kier alpha value is -1.65. The lowest BCUT2D eigenvalue weighted by molar-refractivity contribution is -0.479. The van der Waals surface area contributed by atoms with E-state index in [4.69, 9.17) is 4.74 Å². The highest BCUT2D eigenvalue weighted by Gasteiger charge is 2.03. The van der Waals surface area contributed by atoms with Crippen molar-refractivity contribution in [3.05, 3.63) is 33.5 Å². The number of ether oxygens (including phenoxy) is 1. The quantitative estimate of drug-likeness (QED) is 0.536. The molecule has 0 aliphatic carbocycles. The van der Waals surface area contributed by atoms with E-state index in [9.17, 15) is 10.1 Å². The van der Waals surface area contributed by atoms with Crippen molar-refractivity contribution < 1.29 is 9.66 Å². The minimum Gasteiger partial charge on any atom is -0.481 e. The van der Waals surface area contributed by atoms with Crippen molar-refractivity contribution in [1.82, 2.24) is 4.98 Å². The van der Waals surface area contributed by atoms with Gasteiger partial charge in [-0.25, -0.2) is 4.98 Å². The number of pyridine rings is 1. The number of hydrogen-bond acceptors (Lipinski definition) is 4. The van der Waals surface area contributed by atoms with E-state index in [2.05, 4.69) is 4.98 Å². The molecule has 0 saturated carbocycles. The van der Waals surface area contributed by atoms with Crippen LogP contribution in [0, 0.1) is 17.0 Å². The Kier molecular flexibility index (Phi) is 3.39. The predicted octanol–water partition coefficient (Wildman–Crippen LogP) is 1.22. The molecule has 0 N–H and O–H groups in total. The van der Waals surface area contributed by atoms with Crippen molar-refractivity contribution in [2.45, 2.75) is 13.3 Å². The van der Waals surface area contributed by atoms with Crippen LogP contribution in [-0.4, -0.2) is 23.6 Å². The first-order chi connectivity index (χ1) is 6.61. The molecule has 0 bridgehead atoms. The molecule has 0 saturated heterocycles. The Balaban J connectivity index is 2.76. The molecule has 0 spiro atoms. The Morgan fingerprint density at radius 2 is 2.29 bits per heavy atom. The molecule has 0 aromatic carbocycles. The van der Waals surface area contributed by atoms with Crippen LogP contribution in [0.2, 0.25) is 0 Å². The van der Waals surface area contributed by atoms with Crippen LogP contribution in [0.1, 0.15) is 11.3 Å². The monoisotopic (exact) mass is 196 g/mol. The molecule has 1 heterocycles. The van der Waals surface area contributed by atoms with Crippen LogP contribution in [0.15, 0.2) is 12.1 Å². The van der Waals surface area contributed by atoms with Crippen LogP contribution in [0.25, 0.3) is 0 Å². The maximum Gasteiger partial charge on any atom is 0.213 e. The molecular weight excluding hydrogens is 184 g/mol. The first kappa shape index (κ1) is 10.4. The molecule has 76 valence electrons. The van der Waals surface area contributed by atoms with Crippen LogP contribution in [0.4, 0.5) is 0 Å². The van der Waals surface area contributed by atoms with Gasteiger partial charge in [-0.2, -0.15) is 0 Å². The number of aryl methyl sites for hydroxylation is 1. The smallest absolute Gasteiger partial charge is 0.213 e. The zero-order valence-electron chi connectivity index (χ0n) is 8.19. The molecule has 0 atom stereocenters. The number of rotatable bonds is 4. The highest BCUT2D eigenvalue weighted by Crippen LogP contribution is 2.12. The predicted molar refractivity (Wildman–Crippen MR) is 51.1 cm³/mol. The van der Waals surface area contributed by atoms with Crippen molar-refractivity contribution >= 4 is 0 Å². The average Bonchev–Trinajstić information content (AvgIpc) is 2.14.